The van der Waals surface area contributed by atoms with Crippen molar-refractivity contribution in [2.24, 2.45) is 0 Å². The lowest BCUT2D eigenvalue weighted by Crippen LogP contribution is -2.37. The largest absolute Gasteiger partial charge is 0.472 e. The van der Waals surface area contributed by atoms with Gasteiger partial charge >= 0.3 is 13.8 Å². The van der Waals surface area contributed by atoms with Gasteiger partial charge in [0, 0.05) is 13.0 Å². The van der Waals surface area contributed by atoms with Gasteiger partial charge in [0.05, 0.1) is 34.4 Å². The standard InChI is InChI=1S/C61H112NO7P/c1-6-8-10-12-14-16-18-20-22-24-26-28-30-31-32-34-36-38-40-42-44-46-48-50-52-54-61(63)69-60(59-68-70(64,65)67-57-55-62(3,4)5)58-66-56-53-51-49-47-45-43-41-39-37-35-33-29-27-25-23-21-19-17-15-13-11-9-7-2/h8,10,14,16,20,22,26,28,31-32,36,38,60H,6-7,9,11-13,15,17-19,21,23-25,27,29-30,33-35,37,39-59H2,1-5H3/p+1/b10-8-,16-14-,22-20-,28-26-,32-31-,38-36-. The van der Waals surface area contributed by atoms with E-state index in [1.807, 2.05) is 21.1 Å². The highest BCUT2D eigenvalue weighted by Gasteiger charge is 2.26. The molecule has 0 aliphatic rings. The molecular formula is C61H113NO7P+. The van der Waals surface area contributed by atoms with E-state index in [4.69, 9.17) is 18.5 Å². The molecule has 0 aromatic heterocycles. The van der Waals surface area contributed by atoms with Gasteiger partial charge in [-0.05, 0) is 64.2 Å². The van der Waals surface area contributed by atoms with Crippen LogP contribution in [0.15, 0.2) is 72.9 Å². The van der Waals surface area contributed by atoms with Crippen LogP contribution in [0, 0.1) is 0 Å². The topological polar surface area (TPSA) is 91.3 Å². The average Bonchev–Trinajstić information content (AvgIpc) is 3.32. The van der Waals surface area contributed by atoms with E-state index in [1.165, 1.54) is 148 Å². The molecule has 0 aliphatic heterocycles. The first-order valence-electron chi connectivity index (χ1n) is 29.2. The van der Waals surface area contributed by atoms with Crippen LogP contribution in [0.5, 0.6) is 0 Å². The molecule has 2 unspecified atom stereocenters. The molecule has 408 valence electrons. The Labute approximate surface area is 433 Å². The Bertz CT molecular complexity index is 1350. The van der Waals surface area contributed by atoms with E-state index in [2.05, 4.69) is 86.8 Å². The fourth-order valence-corrected chi connectivity index (χ4v) is 8.83. The van der Waals surface area contributed by atoms with Crippen molar-refractivity contribution in [3.05, 3.63) is 72.9 Å². The minimum absolute atomic E-state index is 0.0836. The fourth-order valence-electron chi connectivity index (χ4n) is 8.09. The molecule has 0 fully saturated rings. The Morgan fingerprint density at radius 2 is 0.829 bits per heavy atom. The zero-order valence-electron chi connectivity index (χ0n) is 46.5. The molecule has 0 aromatic carbocycles. The number of phosphoric ester groups is 1. The molecule has 0 heterocycles. The van der Waals surface area contributed by atoms with Gasteiger partial charge in [0.2, 0.25) is 0 Å². The lowest BCUT2D eigenvalue weighted by molar-refractivity contribution is -0.870. The monoisotopic (exact) mass is 1000 g/mol. The summed E-state index contributed by atoms with van der Waals surface area (Å²) >= 11 is 0. The highest BCUT2D eigenvalue weighted by atomic mass is 31.2. The van der Waals surface area contributed by atoms with Crippen molar-refractivity contribution in [1.82, 2.24) is 0 Å². The highest BCUT2D eigenvalue weighted by Crippen LogP contribution is 2.43. The van der Waals surface area contributed by atoms with Crippen molar-refractivity contribution in [2.45, 2.75) is 258 Å². The summed E-state index contributed by atoms with van der Waals surface area (Å²) in [7, 11) is 1.66. The molecule has 8 nitrogen and oxygen atoms in total. The van der Waals surface area contributed by atoms with Gasteiger partial charge in [0.1, 0.15) is 19.3 Å². The number of quaternary nitrogens is 1. The number of ether oxygens (including phenoxy) is 2. The van der Waals surface area contributed by atoms with Crippen LogP contribution < -0.4 is 0 Å². The summed E-state index contributed by atoms with van der Waals surface area (Å²) in [6, 6.07) is 0. The van der Waals surface area contributed by atoms with Gasteiger partial charge < -0.3 is 18.9 Å². The van der Waals surface area contributed by atoms with Crippen LogP contribution in [0.2, 0.25) is 0 Å². The van der Waals surface area contributed by atoms with E-state index < -0.39 is 13.9 Å². The van der Waals surface area contributed by atoms with Crippen LogP contribution >= 0.6 is 7.82 Å². The summed E-state index contributed by atoms with van der Waals surface area (Å²) in [5.41, 5.74) is 0. The predicted molar refractivity (Wildman–Crippen MR) is 302 cm³/mol. The first kappa shape index (κ1) is 67.9. The molecule has 0 aromatic rings. The number of carbonyl (C=O) groups excluding carboxylic acids is 1. The number of likely N-dealkylation sites (N-methyl/N-ethyl adjacent to an activating group) is 1. The first-order valence-corrected chi connectivity index (χ1v) is 30.7. The Morgan fingerprint density at radius 1 is 0.457 bits per heavy atom. The molecule has 2 atom stereocenters. The highest BCUT2D eigenvalue weighted by molar-refractivity contribution is 7.47. The smallest absolute Gasteiger partial charge is 0.457 e. The third kappa shape index (κ3) is 56.8. The number of allylic oxidation sites excluding steroid dienone is 12. The SMILES string of the molecule is CC/C=C\C/C=C\C/C=C\C/C=C\C/C=C\C/C=C\CCCCCCCCC(=O)OC(COCCCCCCCCCCCCCCCCCCCCCCCCC)COP(=O)(O)OCC[N+](C)(C)C. The lowest BCUT2D eigenvalue weighted by atomic mass is 10.0. The summed E-state index contributed by atoms with van der Waals surface area (Å²) in [4.78, 5) is 23.1. The van der Waals surface area contributed by atoms with Gasteiger partial charge in [-0.1, -0.05) is 254 Å². The summed E-state index contributed by atoms with van der Waals surface area (Å²) in [5, 5.41) is 0. The maximum absolute atomic E-state index is 12.8. The number of esters is 1. The first-order chi connectivity index (χ1) is 34.1. The Balaban J connectivity index is 4.11. The molecule has 70 heavy (non-hydrogen) atoms. The van der Waals surface area contributed by atoms with Gasteiger partial charge in [0.15, 0.2) is 0 Å². The van der Waals surface area contributed by atoms with Gasteiger partial charge in [-0.3, -0.25) is 13.8 Å². The molecular weight excluding hydrogens is 890 g/mol. The number of rotatable bonds is 54. The molecule has 0 amide bonds. The van der Waals surface area contributed by atoms with E-state index in [0.717, 1.165) is 83.5 Å². The molecule has 0 saturated carbocycles. The van der Waals surface area contributed by atoms with E-state index in [1.54, 1.807) is 0 Å². The second-order valence-electron chi connectivity index (χ2n) is 20.7. The number of nitrogens with zero attached hydrogens (tertiary/aromatic N) is 1. The minimum atomic E-state index is -4.29. The number of hydrogen-bond acceptors (Lipinski definition) is 6. The van der Waals surface area contributed by atoms with Gasteiger partial charge in [0.25, 0.3) is 0 Å². The number of carbonyl (C=O) groups is 1. The Morgan fingerprint density at radius 3 is 1.24 bits per heavy atom. The third-order valence-electron chi connectivity index (χ3n) is 12.5. The van der Waals surface area contributed by atoms with E-state index in [-0.39, 0.29) is 25.8 Å². The van der Waals surface area contributed by atoms with Crippen LogP contribution in [-0.4, -0.2) is 75.6 Å². The van der Waals surface area contributed by atoms with Crippen LogP contribution in [0.3, 0.4) is 0 Å². The van der Waals surface area contributed by atoms with Crippen LogP contribution in [-0.2, 0) is 27.9 Å². The van der Waals surface area contributed by atoms with Crippen molar-refractivity contribution in [2.75, 3.05) is 54.1 Å². The normalized spacial score (nSPS) is 14.0. The van der Waals surface area contributed by atoms with Crippen molar-refractivity contribution >= 4 is 13.8 Å². The molecule has 0 saturated heterocycles. The van der Waals surface area contributed by atoms with Crippen molar-refractivity contribution in [3.63, 3.8) is 0 Å². The summed E-state index contributed by atoms with van der Waals surface area (Å²) in [5.74, 6) is -0.326. The summed E-state index contributed by atoms with van der Waals surface area (Å²) in [6.07, 6.45) is 71.1. The van der Waals surface area contributed by atoms with E-state index in [9.17, 15) is 14.3 Å². The third-order valence-corrected chi connectivity index (χ3v) is 13.5. The minimum Gasteiger partial charge on any atom is -0.457 e. The molecule has 1 N–H and O–H groups in total. The quantitative estimate of drug-likeness (QED) is 0.0213. The molecule has 0 radical (unpaired) electrons. The zero-order valence-corrected chi connectivity index (χ0v) is 47.4. The average molecular weight is 1000 g/mol. The van der Waals surface area contributed by atoms with Gasteiger partial charge in [-0.15, -0.1) is 0 Å². The van der Waals surface area contributed by atoms with E-state index in [0.29, 0.717) is 24.1 Å². The van der Waals surface area contributed by atoms with Crippen LogP contribution in [0.25, 0.3) is 0 Å². The van der Waals surface area contributed by atoms with Gasteiger partial charge in [-0.2, -0.15) is 0 Å². The summed E-state index contributed by atoms with van der Waals surface area (Å²) < 4.78 is 35.3. The zero-order chi connectivity index (χ0) is 51.2. The van der Waals surface area contributed by atoms with Crippen molar-refractivity contribution in [1.29, 1.82) is 0 Å². The second kappa shape index (κ2) is 53.2. The van der Waals surface area contributed by atoms with Crippen LogP contribution in [0.4, 0.5) is 0 Å². The fraction of sp³-hybridized carbons (Fsp3) is 0.787. The second-order valence-corrected chi connectivity index (χ2v) is 22.1. The summed E-state index contributed by atoms with van der Waals surface area (Å²) in [6.45, 7) is 5.52. The van der Waals surface area contributed by atoms with Crippen LogP contribution in [0.1, 0.15) is 251 Å². The van der Waals surface area contributed by atoms with Crippen molar-refractivity contribution < 1.29 is 37.3 Å². The molecule has 0 rings (SSSR count). The molecule has 0 aliphatic carbocycles. The maximum atomic E-state index is 12.8. The Hall–Kier alpha value is -2.06. The molecule has 9 heteroatoms. The number of phosphoric acid groups is 1. The van der Waals surface area contributed by atoms with E-state index >= 15 is 0 Å². The van der Waals surface area contributed by atoms with Crippen molar-refractivity contribution in [3.8, 4) is 0 Å². The van der Waals surface area contributed by atoms with Gasteiger partial charge in [-0.25, -0.2) is 4.57 Å². The maximum Gasteiger partial charge on any atom is 0.472 e. The Kier molecular flexibility index (Phi) is 51.7. The molecule has 0 bridgehead atoms. The number of unbranched alkanes of at least 4 members (excludes halogenated alkanes) is 28. The molecule has 0 spiro atoms. The lowest BCUT2D eigenvalue weighted by Gasteiger charge is -2.24. The number of hydrogen-bond donors (Lipinski definition) is 1. The predicted octanol–water partition coefficient (Wildman–Crippen LogP) is 18.6.